The number of hydrogen-bond donors (Lipinski definition) is 0. The van der Waals surface area contributed by atoms with Gasteiger partial charge in [-0.2, -0.15) is 0 Å². The summed E-state index contributed by atoms with van der Waals surface area (Å²) < 4.78 is 5.26. The third-order valence-corrected chi connectivity index (χ3v) is 3.52. The van der Waals surface area contributed by atoms with Gasteiger partial charge in [-0.05, 0) is 30.7 Å². The molecule has 0 radical (unpaired) electrons. The summed E-state index contributed by atoms with van der Waals surface area (Å²) in [5.41, 5.74) is 1.34. The lowest BCUT2D eigenvalue weighted by Gasteiger charge is -2.05. The molecule has 1 aromatic rings. The van der Waals surface area contributed by atoms with Gasteiger partial charge in [0, 0.05) is 5.56 Å². The van der Waals surface area contributed by atoms with Crippen LogP contribution in [0.15, 0.2) is 24.3 Å². The van der Waals surface area contributed by atoms with E-state index in [1.54, 1.807) is 24.3 Å². The second kappa shape index (κ2) is 11.0. The molecule has 0 saturated heterocycles. The van der Waals surface area contributed by atoms with Gasteiger partial charge in [0.2, 0.25) is 0 Å². The predicted octanol–water partition coefficient (Wildman–Crippen LogP) is 4.97. The molecule has 0 N–H and O–H groups in total. The second-order valence-corrected chi connectivity index (χ2v) is 5.33. The minimum atomic E-state index is -0.262. The highest BCUT2D eigenvalue weighted by atomic mass is 16.5. The summed E-state index contributed by atoms with van der Waals surface area (Å²) in [6, 6.07) is 6.94. The normalized spacial score (nSPS) is 10.1. The fraction of sp³-hybridized carbons (Fsp3) is 0.526. The first kappa shape index (κ1) is 17.3. The van der Waals surface area contributed by atoms with Gasteiger partial charge in [0.05, 0.1) is 12.2 Å². The number of hydrogen-bond acceptors (Lipinski definition) is 2. The van der Waals surface area contributed by atoms with Crippen molar-refractivity contribution in [2.45, 2.75) is 58.3 Å². The molecule has 0 aliphatic rings. The molecular weight excluding hydrogens is 260 g/mol. The minimum absolute atomic E-state index is 0.262. The van der Waals surface area contributed by atoms with Crippen LogP contribution < -0.4 is 0 Å². The summed E-state index contributed by atoms with van der Waals surface area (Å²) in [4.78, 5) is 11.8. The van der Waals surface area contributed by atoms with E-state index >= 15 is 0 Å². The molecule has 0 spiro atoms. The van der Waals surface area contributed by atoms with Crippen LogP contribution in [-0.4, -0.2) is 12.6 Å². The topological polar surface area (TPSA) is 26.3 Å². The van der Waals surface area contributed by atoms with Crippen molar-refractivity contribution in [1.29, 1.82) is 0 Å². The number of carbonyl (C=O) groups is 1. The van der Waals surface area contributed by atoms with Crippen LogP contribution in [0.4, 0.5) is 0 Å². The maximum Gasteiger partial charge on any atom is 0.338 e. The molecule has 0 aliphatic heterocycles. The van der Waals surface area contributed by atoms with E-state index in [1.807, 2.05) is 0 Å². The van der Waals surface area contributed by atoms with Crippen LogP contribution in [0.25, 0.3) is 0 Å². The fourth-order valence-corrected chi connectivity index (χ4v) is 2.19. The van der Waals surface area contributed by atoms with Gasteiger partial charge in [0.15, 0.2) is 0 Å². The fourth-order valence-electron chi connectivity index (χ4n) is 2.19. The van der Waals surface area contributed by atoms with E-state index in [0.29, 0.717) is 12.2 Å². The molecule has 0 amide bonds. The van der Waals surface area contributed by atoms with Crippen molar-refractivity contribution in [1.82, 2.24) is 0 Å². The molecule has 2 nitrogen and oxygen atoms in total. The number of benzene rings is 1. The van der Waals surface area contributed by atoms with E-state index in [-0.39, 0.29) is 5.97 Å². The highest BCUT2D eigenvalue weighted by Crippen LogP contribution is 2.09. The van der Waals surface area contributed by atoms with E-state index in [0.717, 1.165) is 18.4 Å². The van der Waals surface area contributed by atoms with E-state index in [2.05, 4.69) is 12.8 Å². The van der Waals surface area contributed by atoms with Crippen molar-refractivity contribution >= 4 is 5.97 Å². The van der Waals surface area contributed by atoms with Crippen LogP contribution in [0.5, 0.6) is 0 Å². The standard InChI is InChI=1S/C19H26O2/c1-3-5-6-7-8-9-10-11-16-21-19(20)18-14-12-17(4-2)13-15-18/h2,12-15H,3,5-11,16H2,1H3. The van der Waals surface area contributed by atoms with Gasteiger partial charge in [-0.25, -0.2) is 4.79 Å². The summed E-state index contributed by atoms with van der Waals surface area (Å²) in [6.45, 7) is 2.74. The van der Waals surface area contributed by atoms with Gasteiger partial charge in [-0.3, -0.25) is 0 Å². The molecule has 21 heavy (non-hydrogen) atoms. The SMILES string of the molecule is C#Cc1ccc(C(=O)OCCCCCCCCCC)cc1. The molecule has 0 saturated carbocycles. The van der Waals surface area contributed by atoms with Gasteiger partial charge in [0.25, 0.3) is 0 Å². The minimum Gasteiger partial charge on any atom is -0.462 e. The highest BCUT2D eigenvalue weighted by molar-refractivity contribution is 5.89. The molecule has 0 fully saturated rings. The maximum absolute atomic E-state index is 11.8. The third kappa shape index (κ3) is 7.56. The Morgan fingerprint density at radius 1 is 1.00 bits per heavy atom. The predicted molar refractivity (Wildman–Crippen MR) is 87.3 cm³/mol. The molecule has 0 heterocycles. The first-order valence-electron chi connectivity index (χ1n) is 8.01. The maximum atomic E-state index is 11.8. The zero-order valence-corrected chi connectivity index (χ0v) is 13.1. The molecule has 114 valence electrons. The molecule has 2 heteroatoms. The Labute approximate surface area is 128 Å². The van der Waals surface area contributed by atoms with Gasteiger partial charge in [-0.15, -0.1) is 6.42 Å². The molecule has 0 aliphatic carbocycles. The average molecular weight is 286 g/mol. The van der Waals surface area contributed by atoms with Crippen molar-refractivity contribution in [2.75, 3.05) is 6.61 Å². The van der Waals surface area contributed by atoms with Crippen LogP contribution in [0, 0.1) is 12.3 Å². The number of rotatable bonds is 10. The lowest BCUT2D eigenvalue weighted by molar-refractivity contribution is 0.0497. The number of terminal acetylenes is 1. The molecular formula is C19H26O2. The largest absolute Gasteiger partial charge is 0.462 e. The third-order valence-electron chi connectivity index (χ3n) is 3.52. The summed E-state index contributed by atoms with van der Waals surface area (Å²) in [7, 11) is 0. The Morgan fingerprint density at radius 2 is 1.57 bits per heavy atom. The van der Waals surface area contributed by atoms with Crippen molar-refractivity contribution in [3.63, 3.8) is 0 Å². The monoisotopic (exact) mass is 286 g/mol. The highest BCUT2D eigenvalue weighted by Gasteiger charge is 2.05. The van der Waals surface area contributed by atoms with E-state index in [1.165, 1.54) is 38.5 Å². The lowest BCUT2D eigenvalue weighted by atomic mass is 10.1. The summed E-state index contributed by atoms with van der Waals surface area (Å²) in [6.07, 6.45) is 15.2. The zero-order chi connectivity index (χ0) is 15.3. The van der Waals surface area contributed by atoms with Gasteiger partial charge in [0.1, 0.15) is 0 Å². The Balaban J connectivity index is 2.07. The van der Waals surface area contributed by atoms with Crippen LogP contribution in [0.3, 0.4) is 0 Å². The number of carbonyl (C=O) groups excluding carboxylic acids is 1. The quantitative estimate of drug-likeness (QED) is 0.345. The molecule has 0 atom stereocenters. The van der Waals surface area contributed by atoms with Crippen molar-refractivity contribution < 1.29 is 9.53 Å². The van der Waals surface area contributed by atoms with Crippen molar-refractivity contribution in [2.24, 2.45) is 0 Å². The summed E-state index contributed by atoms with van der Waals surface area (Å²) in [5.74, 6) is 2.26. The Morgan fingerprint density at radius 3 is 2.14 bits per heavy atom. The average Bonchev–Trinajstić information content (AvgIpc) is 2.53. The van der Waals surface area contributed by atoms with Crippen LogP contribution in [0.1, 0.15) is 74.2 Å². The summed E-state index contributed by atoms with van der Waals surface area (Å²) in [5, 5.41) is 0. The first-order valence-corrected chi connectivity index (χ1v) is 8.01. The van der Waals surface area contributed by atoms with Crippen molar-refractivity contribution in [3.8, 4) is 12.3 Å². The summed E-state index contributed by atoms with van der Waals surface area (Å²) >= 11 is 0. The van der Waals surface area contributed by atoms with E-state index in [9.17, 15) is 4.79 Å². The van der Waals surface area contributed by atoms with Crippen LogP contribution in [-0.2, 0) is 4.74 Å². The molecule has 1 rings (SSSR count). The van der Waals surface area contributed by atoms with E-state index in [4.69, 9.17) is 11.2 Å². The zero-order valence-electron chi connectivity index (χ0n) is 13.1. The molecule has 0 unspecified atom stereocenters. The smallest absolute Gasteiger partial charge is 0.338 e. The van der Waals surface area contributed by atoms with Crippen LogP contribution >= 0.6 is 0 Å². The molecule has 0 bridgehead atoms. The molecule has 0 aromatic heterocycles. The number of ether oxygens (including phenoxy) is 1. The van der Waals surface area contributed by atoms with Gasteiger partial charge < -0.3 is 4.74 Å². The Kier molecular flexibility index (Phi) is 9.04. The van der Waals surface area contributed by atoms with Crippen molar-refractivity contribution in [3.05, 3.63) is 35.4 Å². The first-order chi connectivity index (χ1) is 10.3. The Bertz CT molecular complexity index is 440. The lowest BCUT2D eigenvalue weighted by Crippen LogP contribution is -2.06. The number of esters is 1. The van der Waals surface area contributed by atoms with Crippen LogP contribution in [0.2, 0.25) is 0 Å². The second-order valence-electron chi connectivity index (χ2n) is 5.33. The van der Waals surface area contributed by atoms with Gasteiger partial charge >= 0.3 is 5.97 Å². The Hall–Kier alpha value is -1.75. The number of unbranched alkanes of at least 4 members (excludes halogenated alkanes) is 7. The van der Waals surface area contributed by atoms with Gasteiger partial charge in [-0.1, -0.05) is 57.8 Å². The molecule has 1 aromatic carbocycles. The van der Waals surface area contributed by atoms with E-state index < -0.39 is 0 Å².